The van der Waals surface area contributed by atoms with E-state index in [2.05, 4.69) is 20.1 Å². The molecular weight excluding hydrogens is 1220 g/mol. The smallest absolute Gasteiger partial charge is 0.366 e. The number of hydrogen-bond acceptors (Lipinski definition) is 24. The van der Waals surface area contributed by atoms with Gasteiger partial charge >= 0.3 is 53.7 Å². The Morgan fingerprint density at radius 2 is 0.774 bits per heavy atom. The molecule has 93 heavy (non-hydrogen) atoms. The van der Waals surface area contributed by atoms with Crippen LogP contribution in [-0.2, 0) is 76.0 Å². The zero-order valence-electron chi connectivity index (χ0n) is 50.1. The molecule has 6 aromatic carbocycles. The van der Waals surface area contributed by atoms with E-state index < -0.39 is 152 Å². The summed E-state index contributed by atoms with van der Waals surface area (Å²) in [5.41, 5.74) is 20.1. The maximum atomic E-state index is 15.1. The first-order valence-corrected chi connectivity index (χ1v) is 28.5. The number of esters is 9. The van der Waals surface area contributed by atoms with Gasteiger partial charge in [0.25, 0.3) is 11.6 Å². The van der Waals surface area contributed by atoms with Gasteiger partial charge in [-0.15, -0.1) is 0 Å². The fraction of sp³-hybridized carbons (Fsp3) is 0.308. The molecule has 2 saturated heterocycles. The summed E-state index contributed by atoms with van der Waals surface area (Å²) < 4.78 is 78.2. The highest BCUT2D eigenvalue weighted by molar-refractivity contribution is 5.93. The van der Waals surface area contributed by atoms with Crippen LogP contribution < -0.4 is 0 Å². The number of carbonyl (C=O) groups excluding carboxylic acids is 9. The van der Waals surface area contributed by atoms with Gasteiger partial charge in [-0.1, -0.05) is 119 Å². The van der Waals surface area contributed by atoms with E-state index >= 15 is 4.79 Å². The third kappa shape index (κ3) is 16.9. The van der Waals surface area contributed by atoms with Gasteiger partial charge in [0.15, 0.2) is 24.4 Å². The van der Waals surface area contributed by atoms with Crippen molar-refractivity contribution in [3.8, 4) is 0 Å². The lowest BCUT2D eigenvalue weighted by Gasteiger charge is -2.48. The van der Waals surface area contributed by atoms with Gasteiger partial charge in [0, 0.05) is 23.9 Å². The van der Waals surface area contributed by atoms with Crippen LogP contribution in [0.2, 0.25) is 0 Å². The second kappa shape index (κ2) is 32.1. The molecule has 0 amide bonds. The van der Waals surface area contributed by atoms with Crippen molar-refractivity contribution in [2.24, 2.45) is 10.2 Å². The molecule has 28 heteroatoms. The summed E-state index contributed by atoms with van der Waals surface area (Å²) in [4.78, 5) is 134. The average Bonchev–Trinajstić information content (AvgIpc) is 0.778. The Morgan fingerprint density at radius 3 is 1.14 bits per heavy atom. The highest BCUT2D eigenvalue weighted by Crippen LogP contribution is 2.42. The second-order valence-corrected chi connectivity index (χ2v) is 20.5. The van der Waals surface area contributed by atoms with E-state index in [0.29, 0.717) is 0 Å². The third-order valence-electron chi connectivity index (χ3n) is 14.6. The summed E-state index contributed by atoms with van der Waals surface area (Å²) in [6.45, 7) is -1.31. The van der Waals surface area contributed by atoms with E-state index in [1.165, 1.54) is 146 Å². The largest absolute Gasteiger partial charge is 0.465 e. The SMILES string of the molecule is COC(=O)[C@]1(OC)C[C@H](OC(=O)c2ccccc2)[C@@H](N=[N+]=[N-])[C@H]([C@H](OC(=O)c2ccccc2)[C@@H](CO[C@]2(C(=O)OC)C[C@H](OC(C)=O)[C@@H](N=[N+]=[N-])[C@H]([C@H](OC(=O)c3ccccc3)[C@@H](COC(=O)c3ccccc3)OC(=O)c3ccccc3)O2)OC(=O)c2ccccc2)O1. The van der Waals surface area contributed by atoms with E-state index in [1.54, 1.807) is 36.4 Å². The lowest BCUT2D eigenvalue weighted by molar-refractivity contribution is -0.322. The zero-order valence-corrected chi connectivity index (χ0v) is 50.1. The molecule has 2 heterocycles. The molecule has 0 unspecified atom stereocenters. The lowest BCUT2D eigenvalue weighted by Crippen LogP contribution is -2.66. The van der Waals surface area contributed by atoms with Crippen molar-refractivity contribution in [3.63, 3.8) is 0 Å². The number of nitrogens with zero attached hydrogens (tertiary/aromatic N) is 6. The van der Waals surface area contributed by atoms with Crippen molar-refractivity contribution >= 4 is 53.7 Å². The Hall–Kier alpha value is -11.0. The van der Waals surface area contributed by atoms with Crippen molar-refractivity contribution in [1.82, 2.24) is 0 Å². The highest BCUT2D eigenvalue weighted by Gasteiger charge is 2.62. The van der Waals surface area contributed by atoms with Gasteiger partial charge in [-0.3, -0.25) is 4.79 Å². The topological polar surface area (TPSA) is 371 Å². The molecule has 0 radical (unpaired) electrons. The van der Waals surface area contributed by atoms with Crippen molar-refractivity contribution in [2.75, 3.05) is 34.5 Å². The predicted molar refractivity (Wildman–Crippen MR) is 318 cm³/mol. The molecule has 12 atom stereocenters. The maximum Gasteiger partial charge on any atom is 0.366 e. The first-order valence-electron chi connectivity index (χ1n) is 28.5. The van der Waals surface area contributed by atoms with Crippen LogP contribution in [0.5, 0.6) is 0 Å². The van der Waals surface area contributed by atoms with Gasteiger partial charge in [-0.05, 0) is 83.9 Å². The Morgan fingerprint density at radius 1 is 0.452 bits per heavy atom. The molecule has 0 saturated carbocycles. The summed E-state index contributed by atoms with van der Waals surface area (Å²) in [5.74, 6) is -16.3. The first-order chi connectivity index (χ1) is 45.0. The van der Waals surface area contributed by atoms with Crippen LogP contribution >= 0.6 is 0 Å². The molecule has 0 spiro atoms. The van der Waals surface area contributed by atoms with E-state index in [9.17, 15) is 49.4 Å². The summed E-state index contributed by atoms with van der Waals surface area (Å²) >= 11 is 0. The van der Waals surface area contributed by atoms with E-state index in [1.807, 2.05) is 0 Å². The van der Waals surface area contributed by atoms with Crippen molar-refractivity contribution in [1.29, 1.82) is 0 Å². The van der Waals surface area contributed by atoms with Crippen LogP contribution in [0.15, 0.2) is 192 Å². The lowest BCUT2D eigenvalue weighted by atomic mass is 9.88. The van der Waals surface area contributed by atoms with Gasteiger partial charge in [-0.2, -0.15) is 0 Å². The molecule has 0 aromatic heterocycles. The predicted octanol–water partition coefficient (Wildman–Crippen LogP) is 8.24. The fourth-order valence-electron chi connectivity index (χ4n) is 10.2. The number of azide groups is 2. The maximum absolute atomic E-state index is 15.1. The number of ether oxygens (including phenoxy) is 13. The van der Waals surface area contributed by atoms with Crippen LogP contribution in [0.1, 0.15) is 81.9 Å². The minimum absolute atomic E-state index is 0.0129. The summed E-state index contributed by atoms with van der Waals surface area (Å²) in [6, 6.07) is 40.1. The van der Waals surface area contributed by atoms with Crippen LogP contribution in [-0.4, -0.2) is 161 Å². The van der Waals surface area contributed by atoms with Crippen molar-refractivity contribution < 1.29 is 105 Å². The van der Waals surface area contributed by atoms with Gasteiger partial charge in [-0.25, -0.2) is 38.4 Å². The molecule has 28 nitrogen and oxygen atoms in total. The van der Waals surface area contributed by atoms with Gasteiger partial charge in [0.2, 0.25) is 0 Å². The van der Waals surface area contributed by atoms with Gasteiger partial charge in [0.1, 0.15) is 43.1 Å². The average molecular weight is 1280 g/mol. The second-order valence-electron chi connectivity index (χ2n) is 20.5. The third-order valence-corrected chi connectivity index (χ3v) is 14.6. The zero-order chi connectivity index (χ0) is 66.5. The Kier molecular flexibility index (Phi) is 23.5. The Balaban J connectivity index is 1.32. The molecule has 2 aliphatic heterocycles. The van der Waals surface area contributed by atoms with Crippen LogP contribution in [0.4, 0.5) is 0 Å². The van der Waals surface area contributed by atoms with Gasteiger partial charge < -0.3 is 61.6 Å². The molecule has 2 fully saturated rings. The standard InChI is InChI=1S/C65H60N6O22/c1-39(72)86-46-36-65(63(80)82-3,93-55(50(46)68-70-66)52(90-60(77)44-31-19-9-20-32-44)48(88-58(75)42-27-15-7-16-28-42)37-84-56(73)40-23-11-5-12-24-40)85-38-49(89-59(76)43-29-17-8-18-30-43)53(91-61(78)45-33-21-10-22-34-45)54-51(69-71-67)47(35-64(83-4,92-54)62(79)81-2)87-57(74)41-25-13-6-14-26-41/h5-34,46-55H,35-38H2,1-4H3/t46-,47-,48+,49+,50+,51+,52+,53+,54+,55+,64-,65+/m0/s1. The fourth-order valence-corrected chi connectivity index (χ4v) is 10.2. The van der Waals surface area contributed by atoms with Crippen molar-refractivity contribution in [3.05, 3.63) is 236 Å². The number of methoxy groups -OCH3 is 3. The molecule has 0 aliphatic carbocycles. The van der Waals surface area contributed by atoms with Crippen LogP contribution in [0, 0.1) is 0 Å². The highest BCUT2D eigenvalue weighted by atomic mass is 16.8. The number of carbonyl (C=O) groups is 9. The first kappa shape index (κ1) is 67.9. The monoisotopic (exact) mass is 1280 g/mol. The quantitative estimate of drug-likeness (QED) is 0.0162. The van der Waals surface area contributed by atoms with E-state index in [-0.39, 0.29) is 33.4 Å². The minimum atomic E-state index is -3.12. The van der Waals surface area contributed by atoms with E-state index in [4.69, 9.17) is 61.6 Å². The normalized spacial score (nSPS) is 21.8. The van der Waals surface area contributed by atoms with E-state index in [0.717, 1.165) is 28.3 Å². The number of hydrogen-bond donors (Lipinski definition) is 0. The number of rotatable bonds is 26. The van der Waals surface area contributed by atoms with Crippen molar-refractivity contribution in [2.45, 2.75) is 92.3 Å². The van der Waals surface area contributed by atoms with Crippen LogP contribution in [0.3, 0.4) is 0 Å². The Labute approximate surface area is 529 Å². The molecule has 2 aliphatic rings. The summed E-state index contributed by atoms with van der Waals surface area (Å²) in [7, 11) is 2.86. The van der Waals surface area contributed by atoms with Crippen LogP contribution in [0.25, 0.3) is 20.9 Å². The molecule has 482 valence electrons. The molecular formula is C65H60N6O22. The molecule has 6 aromatic rings. The Bertz CT molecular complexity index is 3700. The minimum Gasteiger partial charge on any atom is -0.465 e. The molecule has 0 bridgehead atoms. The summed E-state index contributed by atoms with van der Waals surface area (Å²) in [5, 5.41) is 7.85. The molecule has 0 N–H and O–H groups in total. The summed E-state index contributed by atoms with van der Waals surface area (Å²) in [6.07, 6.45) is -18.7. The number of benzene rings is 6. The van der Waals surface area contributed by atoms with Gasteiger partial charge in [0.05, 0.1) is 67.0 Å². The molecule has 8 rings (SSSR count).